The van der Waals surface area contributed by atoms with E-state index >= 15 is 0 Å². The van der Waals surface area contributed by atoms with E-state index in [0.29, 0.717) is 27.2 Å². The zero-order chi connectivity index (χ0) is 18.1. The molecule has 1 heterocycles. The van der Waals surface area contributed by atoms with Crippen LogP contribution in [0.25, 0.3) is 10.2 Å². The number of ketones is 1. The van der Waals surface area contributed by atoms with E-state index in [9.17, 15) is 18.4 Å². The van der Waals surface area contributed by atoms with Gasteiger partial charge in [-0.05, 0) is 32.0 Å². The van der Waals surface area contributed by atoms with Gasteiger partial charge in [0.1, 0.15) is 5.82 Å². The molecule has 3 aromatic rings. The number of hydrogen-bond donors (Lipinski definition) is 0. The topological polar surface area (TPSA) is 51.4 Å². The van der Waals surface area contributed by atoms with Crippen molar-refractivity contribution >= 4 is 33.2 Å². The minimum Gasteiger partial charge on any atom is -0.314 e. The van der Waals surface area contributed by atoms with Crippen LogP contribution in [0.15, 0.2) is 41.4 Å². The molecular formula is C18H14F2N2O2S. The summed E-state index contributed by atoms with van der Waals surface area (Å²) in [6.45, 7) is 3.62. The van der Waals surface area contributed by atoms with Crippen LogP contribution in [0.5, 0.6) is 0 Å². The second kappa shape index (κ2) is 6.68. The second-order valence-electron chi connectivity index (χ2n) is 5.41. The van der Waals surface area contributed by atoms with Crippen molar-refractivity contribution in [2.75, 3.05) is 0 Å². The van der Waals surface area contributed by atoms with Crippen molar-refractivity contribution in [3.8, 4) is 0 Å². The van der Waals surface area contributed by atoms with Crippen LogP contribution in [0.4, 0.5) is 8.78 Å². The Labute approximate surface area is 146 Å². The lowest BCUT2D eigenvalue weighted by atomic mass is 10.1. The van der Waals surface area contributed by atoms with E-state index in [-0.39, 0.29) is 11.3 Å². The van der Waals surface area contributed by atoms with Crippen LogP contribution in [0.1, 0.15) is 34.6 Å². The fourth-order valence-corrected chi connectivity index (χ4v) is 3.64. The Hall–Kier alpha value is -2.67. The SMILES string of the molecule is CCn1c(=NC(=O)c2ccc(C(C)=O)cc2)sc2cc(F)cc(F)c21. The molecule has 0 unspecified atom stereocenters. The summed E-state index contributed by atoms with van der Waals surface area (Å²) in [7, 11) is 0. The van der Waals surface area contributed by atoms with E-state index in [4.69, 9.17) is 0 Å². The molecule has 1 aromatic heterocycles. The predicted octanol–water partition coefficient (Wildman–Crippen LogP) is 3.94. The van der Waals surface area contributed by atoms with Gasteiger partial charge in [0.05, 0.1) is 10.2 Å². The van der Waals surface area contributed by atoms with Gasteiger partial charge in [-0.2, -0.15) is 4.99 Å². The Kier molecular flexibility index (Phi) is 4.59. The van der Waals surface area contributed by atoms with Gasteiger partial charge in [-0.15, -0.1) is 0 Å². The predicted molar refractivity (Wildman–Crippen MR) is 91.7 cm³/mol. The molecule has 0 saturated carbocycles. The molecule has 0 aliphatic carbocycles. The third-order valence-corrected chi connectivity index (χ3v) is 4.77. The number of nitrogens with zero attached hydrogens (tertiary/aromatic N) is 2. The largest absolute Gasteiger partial charge is 0.314 e. The Morgan fingerprint density at radius 2 is 1.76 bits per heavy atom. The molecule has 3 rings (SSSR count). The van der Waals surface area contributed by atoms with E-state index in [2.05, 4.69) is 4.99 Å². The number of rotatable bonds is 3. The van der Waals surface area contributed by atoms with Crippen LogP contribution in [0.3, 0.4) is 0 Å². The molecule has 4 nitrogen and oxygen atoms in total. The molecule has 2 aromatic carbocycles. The Morgan fingerprint density at radius 3 is 2.36 bits per heavy atom. The lowest BCUT2D eigenvalue weighted by molar-refractivity contribution is 0.0991. The normalized spacial score (nSPS) is 11.9. The van der Waals surface area contributed by atoms with Crippen LogP contribution in [0.2, 0.25) is 0 Å². The number of carbonyl (C=O) groups is 2. The van der Waals surface area contributed by atoms with Crippen molar-refractivity contribution in [1.29, 1.82) is 0 Å². The van der Waals surface area contributed by atoms with E-state index < -0.39 is 17.5 Å². The van der Waals surface area contributed by atoms with Gasteiger partial charge in [0, 0.05) is 23.7 Å². The number of hydrogen-bond acceptors (Lipinski definition) is 3. The van der Waals surface area contributed by atoms with Gasteiger partial charge in [-0.1, -0.05) is 23.5 Å². The highest BCUT2D eigenvalue weighted by molar-refractivity contribution is 7.16. The van der Waals surface area contributed by atoms with Crippen molar-refractivity contribution in [1.82, 2.24) is 4.57 Å². The molecule has 0 spiro atoms. The Bertz CT molecular complexity index is 1050. The molecule has 0 bridgehead atoms. The maximum Gasteiger partial charge on any atom is 0.279 e. The fraction of sp³-hybridized carbons (Fsp3) is 0.167. The first-order chi connectivity index (χ1) is 11.9. The van der Waals surface area contributed by atoms with Crippen LogP contribution >= 0.6 is 11.3 Å². The van der Waals surface area contributed by atoms with Gasteiger partial charge in [0.2, 0.25) is 0 Å². The molecule has 0 aliphatic rings. The zero-order valence-corrected chi connectivity index (χ0v) is 14.4. The van der Waals surface area contributed by atoms with Gasteiger partial charge in [0.25, 0.3) is 5.91 Å². The Morgan fingerprint density at radius 1 is 1.12 bits per heavy atom. The lowest BCUT2D eigenvalue weighted by Crippen LogP contribution is -2.16. The monoisotopic (exact) mass is 360 g/mol. The minimum absolute atomic E-state index is 0.0956. The first-order valence-electron chi connectivity index (χ1n) is 7.59. The first-order valence-corrected chi connectivity index (χ1v) is 8.40. The van der Waals surface area contributed by atoms with Gasteiger partial charge in [-0.3, -0.25) is 9.59 Å². The van der Waals surface area contributed by atoms with E-state index in [1.165, 1.54) is 29.7 Å². The number of amides is 1. The molecule has 7 heteroatoms. The first kappa shape index (κ1) is 17.2. The molecule has 0 N–H and O–H groups in total. The molecule has 0 saturated heterocycles. The van der Waals surface area contributed by atoms with Crippen molar-refractivity contribution in [2.45, 2.75) is 20.4 Å². The number of benzene rings is 2. The molecule has 0 radical (unpaired) electrons. The zero-order valence-electron chi connectivity index (χ0n) is 13.5. The number of Topliss-reactive ketones (excluding diaryl/α,β-unsaturated/α-hetero) is 1. The van der Waals surface area contributed by atoms with Gasteiger partial charge >= 0.3 is 0 Å². The molecule has 0 fully saturated rings. The van der Waals surface area contributed by atoms with Crippen molar-refractivity contribution in [3.63, 3.8) is 0 Å². The smallest absolute Gasteiger partial charge is 0.279 e. The van der Waals surface area contributed by atoms with Crippen molar-refractivity contribution in [2.24, 2.45) is 4.99 Å². The Balaban J connectivity index is 2.10. The molecule has 0 aliphatic heterocycles. The van der Waals surface area contributed by atoms with Crippen LogP contribution < -0.4 is 4.80 Å². The number of carbonyl (C=O) groups excluding carboxylic acids is 2. The maximum absolute atomic E-state index is 14.1. The highest BCUT2D eigenvalue weighted by Gasteiger charge is 2.13. The highest BCUT2D eigenvalue weighted by atomic mass is 32.1. The fourth-order valence-electron chi connectivity index (χ4n) is 2.51. The lowest BCUT2D eigenvalue weighted by Gasteiger charge is -2.02. The third kappa shape index (κ3) is 3.28. The van der Waals surface area contributed by atoms with Crippen LogP contribution in [-0.4, -0.2) is 16.3 Å². The summed E-state index contributed by atoms with van der Waals surface area (Å²) in [5.41, 5.74) is 1.05. The number of thiazole rings is 1. The van der Waals surface area contributed by atoms with E-state index in [1.807, 2.05) is 0 Å². The number of aryl methyl sites for hydroxylation is 1. The molecule has 1 amide bonds. The quantitative estimate of drug-likeness (QED) is 0.664. The summed E-state index contributed by atoms with van der Waals surface area (Å²) in [6, 6.07) is 8.18. The van der Waals surface area contributed by atoms with Crippen molar-refractivity contribution in [3.05, 3.63) is 64.0 Å². The number of halogens is 2. The summed E-state index contributed by atoms with van der Waals surface area (Å²) in [5, 5.41) is 0. The third-order valence-electron chi connectivity index (χ3n) is 3.75. The highest BCUT2D eigenvalue weighted by Crippen LogP contribution is 2.22. The van der Waals surface area contributed by atoms with Crippen LogP contribution in [-0.2, 0) is 6.54 Å². The summed E-state index contributed by atoms with van der Waals surface area (Å²) in [4.78, 5) is 28.0. The summed E-state index contributed by atoms with van der Waals surface area (Å²) >= 11 is 1.05. The molecule has 128 valence electrons. The molecular weight excluding hydrogens is 346 g/mol. The van der Waals surface area contributed by atoms with Crippen molar-refractivity contribution < 1.29 is 18.4 Å². The average molecular weight is 360 g/mol. The number of aromatic nitrogens is 1. The van der Waals surface area contributed by atoms with Gasteiger partial charge < -0.3 is 4.57 Å². The number of fused-ring (bicyclic) bond motifs is 1. The summed E-state index contributed by atoms with van der Waals surface area (Å²) < 4.78 is 29.4. The average Bonchev–Trinajstić information content (AvgIpc) is 2.91. The second-order valence-corrected chi connectivity index (χ2v) is 6.42. The van der Waals surface area contributed by atoms with E-state index in [1.54, 1.807) is 19.1 Å². The standard InChI is InChI=1S/C18H14F2N2O2S/c1-3-22-16-14(20)8-13(19)9-15(16)25-18(22)21-17(24)12-6-4-11(5-7-12)10(2)23/h4-9H,3H2,1-2H3. The van der Waals surface area contributed by atoms with Gasteiger partial charge in [0.15, 0.2) is 16.4 Å². The molecule has 25 heavy (non-hydrogen) atoms. The summed E-state index contributed by atoms with van der Waals surface area (Å²) in [6.07, 6.45) is 0. The van der Waals surface area contributed by atoms with Crippen LogP contribution in [0, 0.1) is 11.6 Å². The molecule has 0 atom stereocenters. The van der Waals surface area contributed by atoms with E-state index in [0.717, 1.165) is 17.4 Å². The maximum atomic E-state index is 14.1. The summed E-state index contributed by atoms with van der Waals surface area (Å²) in [5.74, 6) is -1.97. The van der Waals surface area contributed by atoms with Gasteiger partial charge in [-0.25, -0.2) is 8.78 Å². The minimum atomic E-state index is -0.687.